The first-order valence-corrected chi connectivity index (χ1v) is 5.03. The Labute approximate surface area is 88.1 Å². The number of hydrogen-bond acceptors (Lipinski definition) is 4. The predicted octanol–water partition coefficient (Wildman–Crippen LogP) is 0.0878. The molecule has 1 aromatic heterocycles. The lowest BCUT2D eigenvalue weighted by Gasteiger charge is -2.41. The smallest absolute Gasteiger partial charge is 0.254 e. The lowest BCUT2D eigenvalue weighted by atomic mass is 9.76. The number of nitrogens with one attached hydrogen (secondary N) is 1. The van der Waals surface area contributed by atoms with E-state index in [4.69, 9.17) is 5.73 Å². The lowest BCUT2D eigenvalue weighted by molar-refractivity contribution is 0.0836. The number of amides is 1. The van der Waals surface area contributed by atoms with Gasteiger partial charge < -0.3 is 11.1 Å². The number of rotatable bonds is 3. The van der Waals surface area contributed by atoms with Crippen molar-refractivity contribution in [2.45, 2.75) is 24.8 Å². The molecule has 0 unspecified atom stereocenters. The van der Waals surface area contributed by atoms with Crippen molar-refractivity contribution in [1.82, 2.24) is 15.3 Å². The van der Waals surface area contributed by atoms with E-state index in [9.17, 15) is 4.79 Å². The van der Waals surface area contributed by atoms with Gasteiger partial charge in [-0.15, -0.1) is 0 Å². The van der Waals surface area contributed by atoms with Gasteiger partial charge in [0.15, 0.2) is 0 Å². The zero-order chi connectivity index (χ0) is 10.7. The molecule has 0 bridgehead atoms. The lowest BCUT2D eigenvalue weighted by Crippen LogP contribution is -2.58. The molecule has 0 radical (unpaired) electrons. The first-order valence-electron chi connectivity index (χ1n) is 5.03. The largest absolute Gasteiger partial charge is 0.345 e. The summed E-state index contributed by atoms with van der Waals surface area (Å²) in [6.07, 6.45) is 7.46. The fourth-order valence-corrected chi connectivity index (χ4v) is 1.71. The second-order valence-corrected chi connectivity index (χ2v) is 3.92. The van der Waals surface area contributed by atoms with Crippen molar-refractivity contribution in [2.24, 2.45) is 5.73 Å². The van der Waals surface area contributed by atoms with E-state index in [2.05, 4.69) is 15.3 Å². The van der Waals surface area contributed by atoms with Gasteiger partial charge in [-0.05, 0) is 19.3 Å². The summed E-state index contributed by atoms with van der Waals surface area (Å²) in [6, 6.07) is 0. The van der Waals surface area contributed by atoms with Crippen LogP contribution >= 0.6 is 0 Å². The summed E-state index contributed by atoms with van der Waals surface area (Å²) < 4.78 is 0. The fraction of sp³-hybridized carbons (Fsp3) is 0.500. The summed E-state index contributed by atoms with van der Waals surface area (Å²) >= 11 is 0. The highest BCUT2D eigenvalue weighted by Gasteiger charge is 2.37. The van der Waals surface area contributed by atoms with Gasteiger partial charge in [0.05, 0.1) is 11.1 Å². The van der Waals surface area contributed by atoms with Crippen molar-refractivity contribution in [3.63, 3.8) is 0 Å². The monoisotopic (exact) mass is 206 g/mol. The number of aromatic nitrogens is 2. The number of carbonyl (C=O) groups excluding carboxylic acids is 1. The fourth-order valence-electron chi connectivity index (χ4n) is 1.71. The Hall–Kier alpha value is -1.49. The zero-order valence-electron chi connectivity index (χ0n) is 8.44. The maximum Gasteiger partial charge on any atom is 0.254 e. The van der Waals surface area contributed by atoms with Crippen LogP contribution in [-0.4, -0.2) is 28.0 Å². The van der Waals surface area contributed by atoms with Crippen LogP contribution < -0.4 is 11.1 Å². The van der Waals surface area contributed by atoms with E-state index < -0.39 is 0 Å². The highest BCUT2D eigenvalue weighted by molar-refractivity contribution is 5.94. The molecule has 15 heavy (non-hydrogen) atoms. The molecule has 1 fully saturated rings. The van der Waals surface area contributed by atoms with Crippen molar-refractivity contribution in [2.75, 3.05) is 6.54 Å². The molecular formula is C10H14N4O. The molecule has 0 saturated heterocycles. The Morgan fingerprint density at radius 3 is 2.60 bits per heavy atom. The quantitative estimate of drug-likeness (QED) is 0.734. The molecule has 3 N–H and O–H groups in total. The third-order valence-corrected chi connectivity index (χ3v) is 2.90. The maximum atomic E-state index is 11.8. The number of nitrogens with zero attached hydrogens (tertiary/aromatic N) is 2. The van der Waals surface area contributed by atoms with Gasteiger partial charge in [0.2, 0.25) is 0 Å². The van der Waals surface area contributed by atoms with Gasteiger partial charge in [-0.25, -0.2) is 9.97 Å². The van der Waals surface area contributed by atoms with Crippen LogP contribution in [0.5, 0.6) is 0 Å². The molecule has 5 nitrogen and oxygen atoms in total. The van der Waals surface area contributed by atoms with E-state index in [1.165, 1.54) is 18.7 Å². The minimum absolute atomic E-state index is 0.138. The Bertz CT molecular complexity index is 342. The normalized spacial score (nSPS) is 17.9. The molecule has 0 spiro atoms. The van der Waals surface area contributed by atoms with Gasteiger partial charge >= 0.3 is 0 Å². The van der Waals surface area contributed by atoms with Crippen LogP contribution in [0.3, 0.4) is 0 Å². The van der Waals surface area contributed by atoms with Gasteiger partial charge in [-0.3, -0.25) is 4.79 Å². The third kappa shape index (κ3) is 1.97. The molecule has 1 saturated carbocycles. The van der Waals surface area contributed by atoms with Crippen LogP contribution in [0.1, 0.15) is 29.6 Å². The third-order valence-electron chi connectivity index (χ3n) is 2.90. The first-order chi connectivity index (χ1) is 7.26. The first kappa shape index (κ1) is 10.0. The summed E-state index contributed by atoms with van der Waals surface area (Å²) in [4.78, 5) is 19.4. The summed E-state index contributed by atoms with van der Waals surface area (Å²) in [5.41, 5.74) is 5.95. The van der Waals surface area contributed by atoms with E-state index in [0.29, 0.717) is 12.1 Å². The highest BCUT2D eigenvalue weighted by atomic mass is 16.1. The molecule has 2 rings (SSSR count). The summed E-state index contributed by atoms with van der Waals surface area (Å²) in [6.45, 7) is 0.492. The maximum absolute atomic E-state index is 11.8. The summed E-state index contributed by atoms with van der Waals surface area (Å²) in [5, 5.41) is 2.95. The minimum atomic E-state index is -0.188. The van der Waals surface area contributed by atoms with Crippen LogP contribution in [0.25, 0.3) is 0 Å². The Morgan fingerprint density at radius 1 is 1.47 bits per heavy atom. The Balaban J connectivity index is 2.04. The molecule has 1 amide bonds. The molecule has 1 aliphatic rings. The molecule has 0 aromatic carbocycles. The Morgan fingerprint density at radius 2 is 2.13 bits per heavy atom. The molecule has 5 heteroatoms. The van der Waals surface area contributed by atoms with Crippen LogP contribution in [0.2, 0.25) is 0 Å². The number of nitrogens with two attached hydrogens (primary N) is 1. The average molecular weight is 206 g/mol. The van der Waals surface area contributed by atoms with Gasteiger partial charge in [-0.1, -0.05) is 0 Å². The predicted molar refractivity (Wildman–Crippen MR) is 55.1 cm³/mol. The molecular weight excluding hydrogens is 192 g/mol. The van der Waals surface area contributed by atoms with Crippen molar-refractivity contribution >= 4 is 5.91 Å². The molecule has 1 heterocycles. The molecule has 0 aliphatic heterocycles. The highest BCUT2D eigenvalue weighted by Crippen LogP contribution is 2.30. The number of hydrogen-bond donors (Lipinski definition) is 2. The van der Waals surface area contributed by atoms with E-state index in [1.54, 1.807) is 0 Å². The molecule has 0 atom stereocenters. The van der Waals surface area contributed by atoms with E-state index in [1.807, 2.05) is 0 Å². The Kier molecular flexibility index (Phi) is 2.64. The second kappa shape index (κ2) is 3.94. The zero-order valence-corrected chi connectivity index (χ0v) is 8.44. The van der Waals surface area contributed by atoms with Crippen LogP contribution in [0, 0.1) is 0 Å². The topological polar surface area (TPSA) is 80.9 Å². The van der Waals surface area contributed by atoms with Crippen molar-refractivity contribution in [3.8, 4) is 0 Å². The van der Waals surface area contributed by atoms with Gasteiger partial charge in [0.25, 0.3) is 5.91 Å². The molecule has 1 aliphatic carbocycles. The van der Waals surface area contributed by atoms with Crippen molar-refractivity contribution in [3.05, 3.63) is 24.3 Å². The SMILES string of the molecule is NCC1(NC(=O)c2cncnc2)CCC1. The standard InChI is InChI=1S/C10H14N4O/c11-6-10(2-1-3-10)14-9(15)8-4-12-7-13-5-8/h4-5,7H,1-3,6,11H2,(H,14,15). The van der Waals surface area contributed by atoms with Crippen molar-refractivity contribution < 1.29 is 4.79 Å². The van der Waals surface area contributed by atoms with Crippen LogP contribution in [-0.2, 0) is 0 Å². The van der Waals surface area contributed by atoms with Gasteiger partial charge in [0.1, 0.15) is 6.33 Å². The van der Waals surface area contributed by atoms with E-state index in [0.717, 1.165) is 19.3 Å². The van der Waals surface area contributed by atoms with E-state index >= 15 is 0 Å². The van der Waals surface area contributed by atoms with E-state index in [-0.39, 0.29) is 11.4 Å². The summed E-state index contributed by atoms with van der Waals surface area (Å²) in [7, 11) is 0. The van der Waals surface area contributed by atoms with Gasteiger partial charge in [-0.2, -0.15) is 0 Å². The second-order valence-electron chi connectivity index (χ2n) is 3.92. The summed E-state index contributed by atoms with van der Waals surface area (Å²) in [5.74, 6) is -0.138. The number of carbonyl (C=O) groups is 1. The van der Waals surface area contributed by atoms with Crippen LogP contribution in [0.15, 0.2) is 18.7 Å². The molecule has 1 aromatic rings. The minimum Gasteiger partial charge on any atom is -0.345 e. The van der Waals surface area contributed by atoms with Crippen molar-refractivity contribution in [1.29, 1.82) is 0 Å². The van der Waals surface area contributed by atoms with Gasteiger partial charge in [0, 0.05) is 18.9 Å². The molecule has 80 valence electrons. The average Bonchev–Trinajstić information content (AvgIpc) is 2.24. The van der Waals surface area contributed by atoms with Crippen LogP contribution in [0.4, 0.5) is 0 Å².